The lowest BCUT2D eigenvalue weighted by atomic mass is 9.79. The van der Waals surface area contributed by atoms with E-state index >= 15 is 0 Å². The van der Waals surface area contributed by atoms with Crippen molar-refractivity contribution in [2.75, 3.05) is 0 Å². The van der Waals surface area contributed by atoms with Crippen molar-refractivity contribution in [1.29, 1.82) is 0 Å². The predicted octanol–water partition coefficient (Wildman–Crippen LogP) is 5.48. The molecule has 3 rings (SSSR count). The molecule has 0 fully saturated rings. The van der Waals surface area contributed by atoms with E-state index in [0.717, 1.165) is 0 Å². The van der Waals surface area contributed by atoms with Gasteiger partial charge in [-0.15, -0.1) is 0 Å². The Hall–Kier alpha value is -2.16. The third-order valence-electron chi connectivity index (χ3n) is 5.71. The molecule has 0 bridgehead atoms. The van der Waals surface area contributed by atoms with Gasteiger partial charge in [0, 0.05) is 5.92 Å². The maximum absolute atomic E-state index is 11.3. The molecule has 27 heavy (non-hydrogen) atoms. The minimum atomic E-state index is -1.97. The number of aliphatic hydroxyl groups is 1. The van der Waals surface area contributed by atoms with E-state index in [-0.39, 0.29) is 11.5 Å². The van der Waals surface area contributed by atoms with Crippen LogP contribution in [-0.2, 0) is 0 Å². The monoisotopic (exact) mass is 374 g/mol. The van der Waals surface area contributed by atoms with Crippen molar-refractivity contribution in [1.82, 2.24) is 0 Å². The second-order valence-electron chi connectivity index (χ2n) is 8.52. The molecule has 0 aromatic heterocycles. The van der Waals surface area contributed by atoms with Crippen LogP contribution in [0.3, 0.4) is 0 Å². The van der Waals surface area contributed by atoms with Gasteiger partial charge in [-0.2, -0.15) is 0 Å². The van der Waals surface area contributed by atoms with Gasteiger partial charge in [-0.05, 0) is 30.5 Å². The number of rotatable bonds is 6. The highest BCUT2D eigenvalue weighted by Gasteiger charge is 2.45. The first-order valence-corrected chi connectivity index (χ1v) is 12.8. The summed E-state index contributed by atoms with van der Waals surface area (Å²) >= 11 is 0. The average molecular weight is 375 g/mol. The lowest BCUT2D eigenvalue weighted by Gasteiger charge is -2.44. The van der Waals surface area contributed by atoms with Crippen LogP contribution in [-0.4, -0.2) is 18.8 Å². The van der Waals surface area contributed by atoms with Gasteiger partial charge in [-0.25, -0.2) is 0 Å². The van der Waals surface area contributed by atoms with Gasteiger partial charge in [0.05, 0.1) is 13.7 Å². The van der Waals surface area contributed by atoms with Gasteiger partial charge in [-0.1, -0.05) is 109 Å². The quantitative estimate of drug-likeness (QED) is 0.567. The predicted molar refractivity (Wildman–Crippen MR) is 118 cm³/mol. The summed E-state index contributed by atoms with van der Waals surface area (Å²) in [5, 5.41) is 12.7. The molecule has 0 aliphatic heterocycles. The molecule has 1 N–H and O–H groups in total. The van der Waals surface area contributed by atoms with Gasteiger partial charge in [0.2, 0.25) is 0 Å². The number of hydrogen-bond donors (Lipinski definition) is 1. The van der Waals surface area contributed by atoms with Crippen molar-refractivity contribution >= 4 is 13.3 Å². The molecular formula is C25H30OSi. The molecule has 0 amide bonds. The van der Waals surface area contributed by atoms with Crippen molar-refractivity contribution in [2.45, 2.75) is 44.0 Å². The van der Waals surface area contributed by atoms with Gasteiger partial charge in [0.15, 0.2) is 0 Å². The molecule has 3 aromatic rings. The Bertz CT molecular complexity index is 836. The summed E-state index contributed by atoms with van der Waals surface area (Å²) in [6, 6.07) is 32.1. The minimum Gasteiger partial charge on any atom is -0.390 e. The minimum absolute atomic E-state index is 0.0166. The molecule has 2 atom stereocenters. The molecule has 2 heteroatoms. The van der Waals surface area contributed by atoms with Gasteiger partial charge < -0.3 is 5.11 Å². The molecule has 1 nitrogen and oxygen atoms in total. The highest BCUT2D eigenvalue weighted by Crippen LogP contribution is 2.45. The Balaban J connectivity index is 2.23. The topological polar surface area (TPSA) is 20.2 Å². The van der Waals surface area contributed by atoms with Crippen LogP contribution in [0.15, 0.2) is 91.0 Å². The summed E-state index contributed by atoms with van der Waals surface area (Å²) in [5.41, 5.74) is 1.94. The van der Waals surface area contributed by atoms with Crippen molar-refractivity contribution in [2.24, 2.45) is 0 Å². The van der Waals surface area contributed by atoms with Crippen molar-refractivity contribution < 1.29 is 5.11 Å². The number of hydrogen-bond acceptors (Lipinski definition) is 1. The zero-order valence-electron chi connectivity index (χ0n) is 16.8. The van der Waals surface area contributed by atoms with Crippen LogP contribution in [0.5, 0.6) is 0 Å². The van der Waals surface area contributed by atoms with Crippen LogP contribution in [0.2, 0.25) is 13.1 Å². The molecule has 3 aromatic carbocycles. The first-order valence-electron chi connectivity index (χ1n) is 9.69. The molecule has 0 saturated carbocycles. The molecule has 2 unspecified atom stereocenters. The smallest absolute Gasteiger partial charge is 0.0887 e. The van der Waals surface area contributed by atoms with E-state index < -0.39 is 13.7 Å². The molecule has 140 valence electrons. The van der Waals surface area contributed by atoms with Crippen LogP contribution >= 0.6 is 0 Å². The fourth-order valence-corrected chi connectivity index (χ4v) is 8.27. The highest BCUT2D eigenvalue weighted by molar-refractivity contribution is 6.91. The maximum atomic E-state index is 11.3. The van der Waals surface area contributed by atoms with Crippen LogP contribution in [0.1, 0.15) is 36.4 Å². The summed E-state index contributed by atoms with van der Waals surface area (Å²) < 4.78 is 0. The Morgan fingerprint density at radius 2 is 1.07 bits per heavy atom. The van der Waals surface area contributed by atoms with Crippen molar-refractivity contribution in [3.05, 3.63) is 102 Å². The van der Waals surface area contributed by atoms with Gasteiger partial charge >= 0.3 is 0 Å². The fraction of sp³-hybridized carbons (Fsp3) is 0.280. The zero-order chi connectivity index (χ0) is 19.5. The van der Waals surface area contributed by atoms with E-state index in [0.29, 0.717) is 0 Å². The molecule has 0 aliphatic carbocycles. The molecule has 0 saturated heterocycles. The third-order valence-corrected chi connectivity index (χ3v) is 9.75. The molecule has 0 radical (unpaired) electrons. The SMILES string of the molecule is CC(C)(O)C(c1ccccc1)C(c1ccccc1)[Si](C)(C)c1ccccc1. The van der Waals surface area contributed by atoms with Gasteiger partial charge in [-0.3, -0.25) is 0 Å². The second kappa shape index (κ2) is 7.83. The fourth-order valence-electron chi connectivity index (χ4n) is 4.40. The van der Waals surface area contributed by atoms with E-state index in [9.17, 15) is 5.11 Å². The largest absolute Gasteiger partial charge is 0.390 e. The Morgan fingerprint density at radius 1 is 0.667 bits per heavy atom. The van der Waals surface area contributed by atoms with E-state index in [4.69, 9.17) is 0 Å². The van der Waals surface area contributed by atoms with Crippen LogP contribution < -0.4 is 5.19 Å². The highest BCUT2D eigenvalue weighted by atomic mass is 28.3. The lowest BCUT2D eigenvalue weighted by molar-refractivity contribution is 0.0468. The summed E-state index contributed by atoms with van der Waals surface area (Å²) in [6.07, 6.45) is 0. The normalized spacial score (nSPS) is 14.6. The molecule has 0 heterocycles. The summed E-state index contributed by atoms with van der Waals surface area (Å²) in [4.78, 5) is 0. The first kappa shape index (κ1) is 19.6. The Kier molecular flexibility index (Phi) is 5.68. The maximum Gasteiger partial charge on any atom is 0.0887 e. The summed E-state index contributed by atoms with van der Waals surface area (Å²) in [7, 11) is -1.97. The van der Waals surface area contributed by atoms with Crippen molar-refractivity contribution in [3.8, 4) is 0 Å². The molecular weight excluding hydrogens is 344 g/mol. The van der Waals surface area contributed by atoms with Gasteiger partial charge in [0.25, 0.3) is 0 Å². The van der Waals surface area contributed by atoms with Crippen molar-refractivity contribution in [3.63, 3.8) is 0 Å². The average Bonchev–Trinajstić information content (AvgIpc) is 2.67. The summed E-state index contributed by atoms with van der Waals surface area (Å²) in [6.45, 7) is 8.77. The lowest BCUT2D eigenvalue weighted by Crippen LogP contribution is -2.53. The summed E-state index contributed by atoms with van der Waals surface area (Å²) in [5.74, 6) is 0.0166. The number of benzene rings is 3. The molecule has 0 aliphatic rings. The first-order chi connectivity index (χ1) is 12.8. The van der Waals surface area contributed by atoms with E-state index in [1.807, 2.05) is 19.9 Å². The Morgan fingerprint density at radius 3 is 1.52 bits per heavy atom. The zero-order valence-corrected chi connectivity index (χ0v) is 17.8. The van der Waals surface area contributed by atoms with Crippen LogP contribution in [0.25, 0.3) is 0 Å². The van der Waals surface area contributed by atoms with Crippen LogP contribution in [0.4, 0.5) is 0 Å². The second-order valence-corrected chi connectivity index (χ2v) is 13.2. The molecule has 0 spiro atoms. The third kappa shape index (κ3) is 4.23. The Labute approximate surface area is 164 Å². The van der Waals surface area contributed by atoms with E-state index in [1.165, 1.54) is 16.3 Å². The van der Waals surface area contributed by atoms with E-state index in [2.05, 4.69) is 98.0 Å². The van der Waals surface area contributed by atoms with Crippen LogP contribution in [0, 0.1) is 0 Å². The standard InChI is InChI=1S/C25H30OSi/c1-25(2,26)23(20-14-8-5-9-15-20)24(21-16-10-6-11-17-21)27(3,4)22-18-12-7-13-19-22/h5-19,23-24,26H,1-4H3. The van der Waals surface area contributed by atoms with Gasteiger partial charge in [0.1, 0.15) is 0 Å². The van der Waals surface area contributed by atoms with E-state index in [1.54, 1.807) is 0 Å².